The van der Waals surface area contributed by atoms with Gasteiger partial charge >= 0.3 is 0 Å². The Morgan fingerprint density at radius 3 is 2.86 bits per heavy atom. The fourth-order valence-corrected chi connectivity index (χ4v) is 3.59. The summed E-state index contributed by atoms with van der Waals surface area (Å²) in [4.78, 5) is 19.0. The molecule has 0 spiro atoms. The van der Waals surface area contributed by atoms with Gasteiger partial charge in [-0.3, -0.25) is 9.78 Å². The van der Waals surface area contributed by atoms with E-state index in [2.05, 4.69) is 20.6 Å². The van der Waals surface area contributed by atoms with Crippen molar-refractivity contribution < 1.29 is 4.79 Å². The predicted molar refractivity (Wildman–Crippen MR) is 114 cm³/mol. The highest BCUT2D eigenvalue weighted by Crippen LogP contribution is 2.23. The average molecular weight is 423 g/mol. The third-order valence-electron chi connectivity index (χ3n) is 5.10. The first-order valence-electron chi connectivity index (χ1n) is 8.91. The summed E-state index contributed by atoms with van der Waals surface area (Å²) in [5.74, 6) is -0.0457. The molecule has 1 aliphatic rings. The topological polar surface area (TPSA) is 75.9 Å². The van der Waals surface area contributed by atoms with Crippen molar-refractivity contribution in [1.82, 2.24) is 30.2 Å². The van der Waals surface area contributed by atoms with Gasteiger partial charge in [-0.25, -0.2) is 4.68 Å². The number of benzene rings is 1. The number of amides is 1. The zero-order valence-electron chi connectivity index (χ0n) is 15.8. The number of carbonyl (C=O) groups is 1. The molecule has 1 N–H and O–H groups in total. The van der Waals surface area contributed by atoms with Gasteiger partial charge in [0.25, 0.3) is 5.91 Å². The van der Waals surface area contributed by atoms with Gasteiger partial charge in [-0.1, -0.05) is 17.3 Å². The van der Waals surface area contributed by atoms with Crippen LogP contribution in [-0.2, 0) is 0 Å². The van der Waals surface area contributed by atoms with Crippen molar-refractivity contribution in [2.45, 2.75) is 25.8 Å². The second-order valence-electron chi connectivity index (χ2n) is 6.69. The summed E-state index contributed by atoms with van der Waals surface area (Å²) in [6.45, 7) is 3.37. The van der Waals surface area contributed by atoms with Crippen molar-refractivity contribution in [3.8, 4) is 5.69 Å². The van der Waals surface area contributed by atoms with E-state index in [9.17, 15) is 4.79 Å². The normalized spacial score (nSPS) is 16.4. The molecule has 28 heavy (non-hydrogen) atoms. The first-order valence-corrected chi connectivity index (χ1v) is 8.91. The second kappa shape index (κ2) is 9.32. The third-order valence-corrected chi connectivity index (χ3v) is 5.10. The van der Waals surface area contributed by atoms with Crippen LogP contribution in [0.1, 0.15) is 29.0 Å². The monoisotopic (exact) mass is 422 g/mol. The average Bonchev–Trinajstić information content (AvgIpc) is 3.08. The summed E-state index contributed by atoms with van der Waals surface area (Å²) in [6, 6.07) is 8.25. The lowest BCUT2D eigenvalue weighted by molar-refractivity contribution is 0.0691. The van der Waals surface area contributed by atoms with Crippen LogP contribution in [0, 0.1) is 6.92 Å². The fourth-order valence-electron chi connectivity index (χ4n) is 3.59. The number of piperidine rings is 1. The minimum absolute atomic E-state index is 0. The van der Waals surface area contributed by atoms with E-state index in [0.29, 0.717) is 18.3 Å². The van der Waals surface area contributed by atoms with E-state index in [1.54, 1.807) is 10.9 Å². The molecule has 1 amide bonds. The highest BCUT2D eigenvalue weighted by Gasteiger charge is 2.27. The Morgan fingerprint density at radius 2 is 2.07 bits per heavy atom. The van der Waals surface area contributed by atoms with Crippen LogP contribution in [0.4, 0.5) is 0 Å². The summed E-state index contributed by atoms with van der Waals surface area (Å²) >= 11 is 0. The van der Waals surface area contributed by atoms with Crippen molar-refractivity contribution in [3.63, 3.8) is 0 Å². The minimum Gasteiger partial charge on any atom is -0.336 e. The van der Waals surface area contributed by atoms with E-state index >= 15 is 0 Å². The van der Waals surface area contributed by atoms with Crippen LogP contribution in [-0.4, -0.2) is 57.0 Å². The van der Waals surface area contributed by atoms with Crippen molar-refractivity contribution in [3.05, 3.63) is 48.0 Å². The summed E-state index contributed by atoms with van der Waals surface area (Å²) in [7, 11) is 1.94. The zero-order valence-corrected chi connectivity index (χ0v) is 17.5. The van der Waals surface area contributed by atoms with Crippen LogP contribution in [0.25, 0.3) is 16.5 Å². The fraction of sp³-hybridized carbons (Fsp3) is 0.368. The van der Waals surface area contributed by atoms with Crippen molar-refractivity contribution in [1.29, 1.82) is 0 Å². The molecule has 0 aliphatic carbocycles. The third kappa shape index (κ3) is 3.97. The molecule has 3 aromatic rings. The lowest BCUT2D eigenvalue weighted by Crippen LogP contribution is -2.47. The number of nitrogens with zero attached hydrogens (tertiary/aromatic N) is 5. The molecular weight excluding hydrogens is 399 g/mol. The van der Waals surface area contributed by atoms with E-state index in [4.69, 9.17) is 0 Å². The molecule has 9 heteroatoms. The molecule has 0 saturated carbocycles. The maximum absolute atomic E-state index is 13.0. The molecule has 0 radical (unpaired) electrons. The van der Waals surface area contributed by atoms with E-state index in [1.807, 2.05) is 49.3 Å². The molecule has 4 rings (SSSR count). The van der Waals surface area contributed by atoms with E-state index in [1.165, 1.54) is 0 Å². The number of rotatable bonds is 3. The smallest absolute Gasteiger partial charge is 0.276 e. The van der Waals surface area contributed by atoms with E-state index in [0.717, 1.165) is 41.5 Å². The second-order valence-corrected chi connectivity index (χ2v) is 6.69. The van der Waals surface area contributed by atoms with Gasteiger partial charge in [0.05, 0.1) is 11.4 Å². The van der Waals surface area contributed by atoms with Gasteiger partial charge in [0.2, 0.25) is 0 Å². The Balaban J connectivity index is 0.00000140. The van der Waals surface area contributed by atoms with Crippen LogP contribution >= 0.6 is 24.8 Å². The van der Waals surface area contributed by atoms with Gasteiger partial charge in [-0.15, -0.1) is 29.9 Å². The van der Waals surface area contributed by atoms with Crippen molar-refractivity contribution in [2.75, 3.05) is 20.1 Å². The summed E-state index contributed by atoms with van der Waals surface area (Å²) in [5.41, 5.74) is 2.08. The number of fused-ring (bicyclic) bond motifs is 1. The van der Waals surface area contributed by atoms with Crippen LogP contribution in [0.5, 0.6) is 0 Å². The lowest BCUT2D eigenvalue weighted by atomic mass is 10.1. The van der Waals surface area contributed by atoms with Crippen LogP contribution < -0.4 is 5.32 Å². The minimum atomic E-state index is -0.0457. The maximum Gasteiger partial charge on any atom is 0.276 e. The number of hydrogen-bond donors (Lipinski definition) is 1. The number of nitrogens with one attached hydrogen (secondary N) is 1. The summed E-state index contributed by atoms with van der Waals surface area (Å²) in [6.07, 6.45) is 5.68. The molecule has 1 saturated heterocycles. The first-order chi connectivity index (χ1) is 12.7. The van der Waals surface area contributed by atoms with Gasteiger partial charge < -0.3 is 10.2 Å². The number of pyridine rings is 1. The van der Waals surface area contributed by atoms with Gasteiger partial charge in [0, 0.05) is 42.3 Å². The number of carbonyl (C=O) groups excluding carboxylic acids is 1. The Hall–Kier alpha value is -2.22. The van der Waals surface area contributed by atoms with Gasteiger partial charge in [-0.2, -0.15) is 0 Å². The van der Waals surface area contributed by atoms with E-state index < -0.39 is 0 Å². The van der Waals surface area contributed by atoms with Crippen molar-refractivity contribution >= 4 is 41.5 Å². The molecule has 1 aromatic carbocycles. The first kappa shape index (κ1) is 22.1. The SMILES string of the molecule is CNC1CCCN(C(=O)c2nnn(-c3cccc4cnccc34)c2C)C1.Cl.Cl. The maximum atomic E-state index is 13.0. The van der Waals surface area contributed by atoms with Crippen LogP contribution in [0.3, 0.4) is 0 Å². The molecule has 150 valence electrons. The summed E-state index contributed by atoms with van der Waals surface area (Å²) < 4.78 is 1.75. The summed E-state index contributed by atoms with van der Waals surface area (Å²) in [5, 5.41) is 13.8. The van der Waals surface area contributed by atoms with Gasteiger partial charge in [0.1, 0.15) is 0 Å². The molecule has 7 nitrogen and oxygen atoms in total. The molecular formula is C19H24Cl2N6O. The molecule has 1 atom stereocenters. The highest BCUT2D eigenvalue weighted by atomic mass is 35.5. The molecule has 1 unspecified atom stereocenters. The Labute approximate surface area is 176 Å². The number of aromatic nitrogens is 4. The largest absolute Gasteiger partial charge is 0.336 e. The number of halogens is 2. The Morgan fingerprint density at radius 1 is 1.25 bits per heavy atom. The molecule has 3 heterocycles. The quantitative estimate of drug-likeness (QED) is 0.701. The zero-order chi connectivity index (χ0) is 18.1. The molecule has 1 fully saturated rings. The van der Waals surface area contributed by atoms with Crippen LogP contribution in [0.15, 0.2) is 36.7 Å². The van der Waals surface area contributed by atoms with Crippen LogP contribution in [0.2, 0.25) is 0 Å². The Bertz CT molecular complexity index is 955. The predicted octanol–water partition coefficient (Wildman–Crippen LogP) is 2.79. The molecule has 1 aliphatic heterocycles. The van der Waals surface area contributed by atoms with Crippen molar-refractivity contribution in [2.24, 2.45) is 0 Å². The van der Waals surface area contributed by atoms with Gasteiger partial charge in [0.15, 0.2) is 5.69 Å². The number of likely N-dealkylation sites (tertiary alicyclic amines) is 1. The number of likely N-dealkylation sites (N-methyl/N-ethyl adjacent to an activating group) is 1. The molecule has 0 bridgehead atoms. The molecule has 2 aromatic heterocycles. The van der Waals surface area contributed by atoms with E-state index in [-0.39, 0.29) is 30.7 Å². The number of hydrogen-bond acceptors (Lipinski definition) is 5. The highest BCUT2D eigenvalue weighted by molar-refractivity contribution is 5.94. The Kier molecular flexibility index (Phi) is 7.35. The standard InChI is InChI=1S/C19H22N6O.2ClH/c1-13-18(19(26)24-10-4-6-15(12-24)20-2)22-23-25(13)17-7-3-5-14-11-21-9-8-16(14)17;;/h3,5,7-9,11,15,20H,4,6,10,12H2,1-2H3;2*1H. The van der Waals surface area contributed by atoms with Gasteiger partial charge in [-0.05, 0) is 38.9 Å². The lowest BCUT2D eigenvalue weighted by Gasteiger charge is -2.32.